The second-order valence-electron chi connectivity index (χ2n) is 5.19. The maximum absolute atomic E-state index is 12.3. The van der Waals surface area contributed by atoms with E-state index in [0.717, 1.165) is 21.7 Å². The fraction of sp³-hybridized carbons (Fsp3) is 0.188. The topological polar surface area (TPSA) is 64.3 Å². The molecule has 0 saturated carbocycles. The molecule has 0 radical (unpaired) electrons. The van der Waals surface area contributed by atoms with Crippen LogP contribution in [0.15, 0.2) is 47.0 Å². The normalized spacial score (nSPS) is 11.8. The van der Waals surface area contributed by atoms with Crippen LogP contribution in [0.5, 0.6) is 5.75 Å². The largest absolute Gasteiger partial charge is 0.497 e. The number of alkyl halides is 3. The summed E-state index contributed by atoms with van der Waals surface area (Å²) in [5, 5.41) is 10.2. The summed E-state index contributed by atoms with van der Waals surface area (Å²) in [6, 6.07) is 8.93. The third-order valence-corrected chi connectivity index (χ3v) is 4.00. The number of anilines is 1. The lowest BCUT2D eigenvalue weighted by Gasteiger charge is -2.04. The molecule has 1 N–H and O–H groups in total. The van der Waals surface area contributed by atoms with Crippen molar-refractivity contribution in [3.63, 3.8) is 0 Å². The van der Waals surface area contributed by atoms with Gasteiger partial charge in [-0.3, -0.25) is 10.1 Å². The zero-order valence-corrected chi connectivity index (χ0v) is 14.4. The van der Waals surface area contributed by atoms with Gasteiger partial charge in [-0.05, 0) is 30.3 Å². The van der Waals surface area contributed by atoms with Gasteiger partial charge < -0.3 is 4.74 Å². The first kappa shape index (κ1) is 17.9. The summed E-state index contributed by atoms with van der Waals surface area (Å²) in [6.07, 6.45) is -1.72. The lowest BCUT2D eigenvalue weighted by Crippen LogP contribution is -2.18. The molecular weight excluding hydrogens is 367 g/mol. The number of ether oxygens (including phenoxy) is 1. The van der Waals surface area contributed by atoms with Crippen LogP contribution < -0.4 is 10.2 Å². The average molecular weight is 381 g/mol. The van der Waals surface area contributed by atoms with E-state index < -0.39 is 12.7 Å². The number of hydrogen-bond acceptors (Lipinski definition) is 6. The molecule has 0 aliphatic carbocycles. The standard InChI is InChI=1S/C16H14F3N5OS/c1-25-13-4-2-11(3-5-13)14-9-26-15(21-14)22-20-8-12-6-7-24(23-12)10-16(17,18)19/h2-9H,10H2,1H3,(H,21,22)/b20-8-. The van der Waals surface area contributed by atoms with Gasteiger partial charge >= 0.3 is 6.18 Å². The van der Waals surface area contributed by atoms with E-state index in [1.54, 1.807) is 7.11 Å². The average Bonchev–Trinajstić information content (AvgIpc) is 3.23. The van der Waals surface area contributed by atoms with Crippen molar-refractivity contribution < 1.29 is 17.9 Å². The second kappa shape index (κ2) is 7.56. The Morgan fingerprint density at radius 1 is 1.27 bits per heavy atom. The summed E-state index contributed by atoms with van der Waals surface area (Å²) in [6.45, 7) is -1.13. The number of aromatic nitrogens is 3. The molecule has 0 unspecified atom stereocenters. The number of nitrogens with one attached hydrogen (secondary N) is 1. The van der Waals surface area contributed by atoms with Gasteiger partial charge in [-0.15, -0.1) is 11.3 Å². The van der Waals surface area contributed by atoms with Crippen molar-refractivity contribution in [1.82, 2.24) is 14.8 Å². The fourth-order valence-electron chi connectivity index (χ4n) is 2.09. The highest BCUT2D eigenvalue weighted by molar-refractivity contribution is 7.14. The zero-order valence-electron chi connectivity index (χ0n) is 13.6. The van der Waals surface area contributed by atoms with Crippen molar-refractivity contribution in [2.45, 2.75) is 12.7 Å². The monoisotopic (exact) mass is 381 g/mol. The van der Waals surface area contributed by atoms with Crippen LogP contribution in [0.4, 0.5) is 18.3 Å². The molecule has 2 heterocycles. The molecule has 0 bridgehead atoms. The quantitative estimate of drug-likeness (QED) is 0.517. The van der Waals surface area contributed by atoms with Gasteiger partial charge in [0.1, 0.15) is 18.0 Å². The number of nitrogens with zero attached hydrogens (tertiary/aromatic N) is 4. The van der Waals surface area contributed by atoms with Gasteiger partial charge in [0.2, 0.25) is 5.13 Å². The van der Waals surface area contributed by atoms with Gasteiger partial charge in [0, 0.05) is 17.1 Å². The summed E-state index contributed by atoms with van der Waals surface area (Å²) < 4.78 is 42.8. The first-order valence-electron chi connectivity index (χ1n) is 7.42. The van der Waals surface area contributed by atoms with Gasteiger partial charge in [-0.25, -0.2) is 4.98 Å². The second-order valence-corrected chi connectivity index (χ2v) is 6.05. The molecule has 10 heteroatoms. The van der Waals surface area contributed by atoms with Crippen LogP contribution in [0.1, 0.15) is 5.69 Å². The van der Waals surface area contributed by atoms with Crippen LogP contribution >= 0.6 is 11.3 Å². The van der Waals surface area contributed by atoms with Gasteiger partial charge in [0.05, 0.1) is 19.0 Å². The highest BCUT2D eigenvalue weighted by Gasteiger charge is 2.28. The van der Waals surface area contributed by atoms with Crippen LogP contribution in [-0.2, 0) is 6.54 Å². The summed E-state index contributed by atoms with van der Waals surface area (Å²) in [4.78, 5) is 4.40. The molecule has 0 saturated heterocycles. The van der Waals surface area contributed by atoms with Crippen LogP contribution in [0.3, 0.4) is 0 Å². The van der Waals surface area contributed by atoms with Crippen molar-refractivity contribution in [3.05, 3.63) is 47.6 Å². The maximum atomic E-state index is 12.3. The van der Waals surface area contributed by atoms with Gasteiger partial charge in [0.25, 0.3) is 0 Å². The molecule has 3 aromatic rings. The van der Waals surface area contributed by atoms with Gasteiger partial charge in [-0.1, -0.05) is 0 Å². The molecule has 26 heavy (non-hydrogen) atoms. The minimum Gasteiger partial charge on any atom is -0.497 e. The molecule has 0 amide bonds. The summed E-state index contributed by atoms with van der Waals surface area (Å²) in [5.74, 6) is 0.761. The van der Waals surface area contributed by atoms with E-state index in [2.05, 4.69) is 20.6 Å². The summed E-state index contributed by atoms with van der Waals surface area (Å²) in [7, 11) is 1.60. The van der Waals surface area contributed by atoms with E-state index in [9.17, 15) is 13.2 Å². The number of methoxy groups -OCH3 is 1. The van der Waals surface area contributed by atoms with E-state index in [0.29, 0.717) is 10.8 Å². The van der Waals surface area contributed by atoms with E-state index in [1.807, 2.05) is 29.6 Å². The predicted molar refractivity (Wildman–Crippen MR) is 93.6 cm³/mol. The molecule has 1 aromatic carbocycles. The molecule has 0 aliphatic rings. The molecule has 0 atom stereocenters. The van der Waals surface area contributed by atoms with Crippen molar-refractivity contribution in [3.8, 4) is 17.0 Å². The van der Waals surface area contributed by atoms with Crippen molar-refractivity contribution >= 4 is 22.7 Å². The predicted octanol–water partition coefficient (Wildman–Crippen LogP) is 4.02. The Bertz CT molecular complexity index is 886. The fourth-order valence-corrected chi connectivity index (χ4v) is 2.76. The van der Waals surface area contributed by atoms with Gasteiger partial charge in [-0.2, -0.15) is 23.4 Å². The number of rotatable bonds is 6. The third-order valence-electron chi connectivity index (χ3n) is 3.25. The molecule has 3 rings (SSSR count). The van der Waals surface area contributed by atoms with E-state index in [-0.39, 0.29) is 0 Å². The van der Waals surface area contributed by atoms with Gasteiger partial charge in [0.15, 0.2) is 0 Å². The number of hydrogen-bond donors (Lipinski definition) is 1. The molecular formula is C16H14F3N5OS. The zero-order chi connectivity index (χ0) is 18.6. The third kappa shape index (κ3) is 4.82. The highest BCUT2D eigenvalue weighted by atomic mass is 32.1. The lowest BCUT2D eigenvalue weighted by atomic mass is 10.2. The highest BCUT2D eigenvalue weighted by Crippen LogP contribution is 2.26. The van der Waals surface area contributed by atoms with Crippen LogP contribution in [-0.4, -0.2) is 34.3 Å². The number of benzene rings is 1. The Labute approximate surface area is 150 Å². The van der Waals surface area contributed by atoms with Crippen molar-refractivity contribution in [2.75, 3.05) is 12.5 Å². The Kier molecular flexibility index (Phi) is 5.21. The van der Waals surface area contributed by atoms with E-state index in [1.165, 1.54) is 29.8 Å². The molecule has 2 aromatic heterocycles. The summed E-state index contributed by atoms with van der Waals surface area (Å²) in [5.41, 5.74) is 4.78. The Hall–Kier alpha value is -2.88. The summed E-state index contributed by atoms with van der Waals surface area (Å²) >= 11 is 1.36. The number of halogens is 3. The van der Waals surface area contributed by atoms with E-state index >= 15 is 0 Å². The van der Waals surface area contributed by atoms with Crippen LogP contribution in [0.2, 0.25) is 0 Å². The van der Waals surface area contributed by atoms with Crippen LogP contribution in [0.25, 0.3) is 11.3 Å². The lowest BCUT2D eigenvalue weighted by molar-refractivity contribution is -0.142. The molecule has 0 spiro atoms. The SMILES string of the molecule is COc1ccc(-c2csc(N/N=C\c3ccn(CC(F)(F)F)n3)n2)cc1. The first-order valence-corrected chi connectivity index (χ1v) is 8.30. The Balaban J connectivity index is 1.60. The van der Waals surface area contributed by atoms with E-state index in [4.69, 9.17) is 4.74 Å². The number of thiazole rings is 1. The minimum atomic E-state index is -4.31. The molecule has 6 nitrogen and oxygen atoms in total. The van der Waals surface area contributed by atoms with Crippen molar-refractivity contribution in [1.29, 1.82) is 0 Å². The molecule has 0 fully saturated rings. The molecule has 136 valence electrons. The first-order chi connectivity index (χ1) is 12.4. The van der Waals surface area contributed by atoms with Crippen molar-refractivity contribution in [2.24, 2.45) is 5.10 Å². The maximum Gasteiger partial charge on any atom is 0.408 e. The minimum absolute atomic E-state index is 0.314. The Morgan fingerprint density at radius 2 is 2.04 bits per heavy atom. The smallest absolute Gasteiger partial charge is 0.408 e. The van der Waals surface area contributed by atoms with Crippen LogP contribution in [0, 0.1) is 0 Å². The Morgan fingerprint density at radius 3 is 2.73 bits per heavy atom. The number of hydrazone groups is 1. The molecule has 0 aliphatic heterocycles.